The Morgan fingerprint density at radius 3 is 2.29 bits per heavy atom. The van der Waals surface area contributed by atoms with Crippen LogP contribution in [-0.2, 0) is 26.2 Å². The van der Waals surface area contributed by atoms with Crippen LogP contribution in [0.25, 0.3) is 0 Å². The summed E-state index contributed by atoms with van der Waals surface area (Å²) in [6.45, 7) is 8.84. The largest absolute Gasteiger partial charge is 0.495 e. The van der Waals surface area contributed by atoms with Crippen LogP contribution in [0.1, 0.15) is 38.8 Å². The van der Waals surface area contributed by atoms with Crippen molar-refractivity contribution < 1.29 is 22.7 Å². The van der Waals surface area contributed by atoms with Crippen LogP contribution in [0.15, 0.2) is 48.5 Å². The number of nitrogens with one attached hydrogen (secondary N) is 1. The summed E-state index contributed by atoms with van der Waals surface area (Å²) in [7, 11) is -2.39. The lowest BCUT2D eigenvalue weighted by Crippen LogP contribution is -2.54. The monoisotopic (exact) mass is 489 g/mol. The van der Waals surface area contributed by atoms with Crippen molar-refractivity contribution in [2.45, 2.75) is 52.7 Å². The van der Waals surface area contributed by atoms with Crippen LogP contribution in [0.4, 0.5) is 5.69 Å². The van der Waals surface area contributed by atoms with Gasteiger partial charge in [-0.1, -0.05) is 42.0 Å². The molecule has 0 aliphatic heterocycles. The van der Waals surface area contributed by atoms with Crippen LogP contribution in [0.5, 0.6) is 5.75 Å². The first kappa shape index (κ1) is 27.2. The number of rotatable bonds is 9. The zero-order valence-corrected chi connectivity index (χ0v) is 21.8. The Morgan fingerprint density at radius 1 is 1.09 bits per heavy atom. The first-order valence-corrected chi connectivity index (χ1v) is 12.9. The van der Waals surface area contributed by atoms with E-state index >= 15 is 0 Å². The van der Waals surface area contributed by atoms with Gasteiger partial charge < -0.3 is 15.0 Å². The average Bonchev–Trinajstić information content (AvgIpc) is 2.73. The Balaban J connectivity index is 2.44. The number of methoxy groups -OCH3 is 1. The number of para-hydroxylation sites is 2. The van der Waals surface area contributed by atoms with Gasteiger partial charge in [-0.15, -0.1) is 0 Å². The lowest BCUT2D eigenvalue weighted by molar-refractivity contribution is -0.140. The maximum atomic E-state index is 13.6. The first-order chi connectivity index (χ1) is 15.7. The van der Waals surface area contributed by atoms with Gasteiger partial charge in [0.1, 0.15) is 18.3 Å². The molecule has 2 aromatic rings. The molecule has 34 heavy (non-hydrogen) atoms. The zero-order chi connectivity index (χ0) is 25.7. The summed E-state index contributed by atoms with van der Waals surface area (Å²) in [5.41, 5.74) is 1.62. The minimum absolute atomic E-state index is 0.156. The predicted octanol–water partition coefficient (Wildman–Crippen LogP) is 3.10. The fourth-order valence-corrected chi connectivity index (χ4v) is 4.35. The van der Waals surface area contributed by atoms with E-state index in [9.17, 15) is 18.0 Å². The Bertz CT molecular complexity index is 1130. The zero-order valence-electron chi connectivity index (χ0n) is 21.0. The summed E-state index contributed by atoms with van der Waals surface area (Å²) in [6, 6.07) is 13.4. The van der Waals surface area contributed by atoms with Crippen molar-refractivity contribution in [2.75, 3.05) is 24.2 Å². The molecule has 0 saturated heterocycles. The van der Waals surface area contributed by atoms with Gasteiger partial charge in [-0.25, -0.2) is 8.42 Å². The van der Waals surface area contributed by atoms with Gasteiger partial charge in [-0.3, -0.25) is 13.9 Å². The summed E-state index contributed by atoms with van der Waals surface area (Å²) in [5.74, 6) is -0.504. The van der Waals surface area contributed by atoms with Gasteiger partial charge in [0.05, 0.1) is 19.1 Å². The van der Waals surface area contributed by atoms with Gasteiger partial charge in [0.2, 0.25) is 21.8 Å². The predicted molar refractivity (Wildman–Crippen MR) is 134 cm³/mol. The number of carbonyl (C=O) groups is 2. The molecule has 1 N–H and O–H groups in total. The average molecular weight is 490 g/mol. The van der Waals surface area contributed by atoms with E-state index in [1.165, 1.54) is 12.0 Å². The Morgan fingerprint density at radius 2 is 1.74 bits per heavy atom. The van der Waals surface area contributed by atoms with Crippen LogP contribution < -0.4 is 14.4 Å². The van der Waals surface area contributed by atoms with Gasteiger partial charge in [0.15, 0.2) is 0 Å². The number of amides is 2. The lowest BCUT2D eigenvalue weighted by Gasteiger charge is -2.33. The van der Waals surface area contributed by atoms with Crippen molar-refractivity contribution in [1.82, 2.24) is 10.2 Å². The number of benzene rings is 2. The number of carbonyl (C=O) groups excluding carboxylic acids is 2. The minimum atomic E-state index is -3.83. The number of ether oxygens (including phenoxy) is 1. The molecule has 0 fully saturated rings. The van der Waals surface area contributed by atoms with E-state index in [-0.39, 0.29) is 18.1 Å². The first-order valence-electron chi connectivity index (χ1n) is 11.0. The number of anilines is 1. The minimum Gasteiger partial charge on any atom is -0.495 e. The number of sulfonamides is 1. The molecule has 2 amide bonds. The highest BCUT2D eigenvalue weighted by atomic mass is 32.2. The molecule has 0 saturated carbocycles. The molecular weight excluding hydrogens is 454 g/mol. The molecule has 0 aliphatic rings. The van der Waals surface area contributed by atoms with Crippen LogP contribution in [0, 0.1) is 6.92 Å². The molecule has 0 aromatic heterocycles. The molecule has 2 rings (SSSR count). The third kappa shape index (κ3) is 7.48. The van der Waals surface area contributed by atoms with Gasteiger partial charge in [-0.05, 0) is 52.3 Å². The molecule has 186 valence electrons. The molecule has 0 radical (unpaired) electrons. The second kappa shape index (κ2) is 10.9. The van der Waals surface area contributed by atoms with E-state index < -0.39 is 34.1 Å². The lowest BCUT2D eigenvalue weighted by atomic mass is 10.1. The van der Waals surface area contributed by atoms with Crippen molar-refractivity contribution >= 4 is 27.5 Å². The molecule has 1 atom stereocenters. The highest BCUT2D eigenvalue weighted by Gasteiger charge is 2.32. The summed E-state index contributed by atoms with van der Waals surface area (Å²) in [4.78, 5) is 27.9. The van der Waals surface area contributed by atoms with E-state index in [4.69, 9.17) is 4.74 Å². The Kier molecular flexibility index (Phi) is 8.72. The highest BCUT2D eigenvalue weighted by molar-refractivity contribution is 7.92. The smallest absolute Gasteiger partial charge is 0.244 e. The molecule has 2 aromatic carbocycles. The number of hydrogen-bond acceptors (Lipinski definition) is 5. The third-order valence-electron chi connectivity index (χ3n) is 5.13. The molecule has 8 nitrogen and oxygen atoms in total. The SMILES string of the molecule is COc1ccccc1N(CC(=O)N(Cc1cccc(C)c1)[C@@H](C)C(=O)NC(C)(C)C)S(C)(=O)=O. The van der Waals surface area contributed by atoms with Crippen LogP contribution >= 0.6 is 0 Å². The van der Waals surface area contributed by atoms with Gasteiger partial charge in [-0.2, -0.15) is 0 Å². The van der Waals surface area contributed by atoms with Crippen molar-refractivity contribution in [1.29, 1.82) is 0 Å². The van der Waals surface area contributed by atoms with Crippen LogP contribution in [0.3, 0.4) is 0 Å². The number of aryl methyl sites for hydroxylation is 1. The second-order valence-electron chi connectivity index (χ2n) is 9.37. The highest BCUT2D eigenvalue weighted by Crippen LogP contribution is 2.29. The van der Waals surface area contributed by atoms with Gasteiger partial charge >= 0.3 is 0 Å². The van der Waals surface area contributed by atoms with Crippen molar-refractivity contribution in [3.63, 3.8) is 0 Å². The van der Waals surface area contributed by atoms with E-state index in [1.54, 1.807) is 31.2 Å². The maximum Gasteiger partial charge on any atom is 0.244 e. The van der Waals surface area contributed by atoms with E-state index in [1.807, 2.05) is 52.0 Å². The Labute approximate surface area is 202 Å². The summed E-state index contributed by atoms with van der Waals surface area (Å²) in [5, 5.41) is 2.90. The summed E-state index contributed by atoms with van der Waals surface area (Å²) >= 11 is 0. The van der Waals surface area contributed by atoms with Crippen molar-refractivity contribution in [3.8, 4) is 5.75 Å². The van der Waals surface area contributed by atoms with Crippen LogP contribution in [0.2, 0.25) is 0 Å². The molecular formula is C25H35N3O5S. The normalized spacial score (nSPS) is 12.6. The third-order valence-corrected chi connectivity index (χ3v) is 6.26. The summed E-state index contributed by atoms with van der Waals surface area (Å²) < 4.78 is 31.7. The van der Waals surface area contributed by atoms with E-state index in [0.717, 1.165) is 21.7 Å². The summed E-state index contributed by atoms with van der Waals surface area (Å²) in [6.07, 6.45) is 1.04. The fraction of sp³-hybridized carbons (Fsp3) is 0.440. The van der Waals surface area contributed by atoms with E-state index in [2.05, 4.69) is 5.32 Å². The molecule has 9 heteroatoms. The molecule has 0 bridgehead atoms. The van der Waals surface area contributed by atoms with Gasteiger partial charge in [0, 0.05) is 12.1 Å². The topological polar surface area (TPSA) is 96.0 Å². The fourth-order valence-electron chi connectivity index (χ4n) is 3.49. The number of nitrogens with zero attached hydrogens (tertiary/aromatic N) is 2. The molecule has 0 heterocycles. The second-order valence-corrected chi connectivity index (χ2v) is 11.3. The standard InChI is InChI=1S/C25H35N3O5S/c1-18-11-10-12-20(15-18)16-27(19(2)24(30)26-25(3,4)5)23(29)17-28(34(7,31)32)21-13-8-9-14-22(21)33-6/h8-15,19H,16-17H2,1-7H3,(H,26,30)/t19-/m0/s1. The molecule has 0 unspecified atom stereocenters. The molecule has 0 spiro atoms. The number of hydrogen-bond donors (Lipinski definition) is 1. The van der Waals surface area contributed by atoms with E-state index in [0.29, 0.717) is 5.75 Å². The van der Waals surface area contributed by atoms with Crippen molar-refractivity contribution in [2.24, 2.45) is 0 Å². The van der Waals surface area contributed by atoms with Crippen LogP contribution in [-0.4, -0.2) is 56.6 Å². The van der Waals surface area contributed by atoms with Crippen molar-refractivity contribution in [3.05, 3.63) is 59.7 Å². The molecule has 0 aliphatic carbocycles. The quantitative estimate of drug-likeness (QED) is 0.584. The maximum absolute atomic E-state index is 13.6. The van der Waals surface area contributed by atoms with Gasteiger partial charge in [0.25, 0.3) is 0 Å². The Hall–Kier alpha value is -3.07.